The number of aliphatic hydroxyl groups is 1. The quantitative estimate of drug-likeness (QED) is 0.621. The van der Waals surface area contributed by atoms with Crippen LogP contribution < -0.4 is 5.32 Å². The van der Waals surface area contributed by atoms with Gasteiger partial charge < -0.3 is 15.2 Å². The monoisotopic (exact) mass is 285 g/mol. The summed E-state index contributed by atoms with van der Waals surface area (Å²) in [5.74, 6) is -0.775. The summed E-state index contributed by atoms with van der Waals surface area (Å²) in [4.78, 5) is 23.2. The van der Waals surface area contributed by atoms with Crippen molar-refractivity contribution in [1.82, 2.24) is 0 Å². The van der Waals surface area contributed by atoms with Crippen LogP contribution in [0.25, 0.3) is 0 Å². The van der Waals surface area contributed by atoms with Gasteiger partial charge >= 0.3 is 5.97 Å². The van der Waals surface area contributed by atoms with E-state index in [0.717, 1.165) is 0 Å². The van der Waals surface area contributed by atoms with Gasteiger partial charge in [0.05, 0.1) is 18.4 Å². The van der Waals surface area contributed by atoms with Crippen LogP contribution in [0.4, 0.5) is 5.69 Å². The van der Waals surface area contributed by atoms with Crippen LogP contribution in [-0.4, -0.2) is 30.7 Å². The van der Waals surface area contributed by atoms with Gasteiger partial charge in [-0.05, 0) is 31.0 Å². The molecule has 0 aliphatic heterocycles. The number of halogens is 1. The van der Waals surface area contributed by atoms with Crippen LogP contribution in [0.15, 0.2) is 18.2 Å². The molecule has 0 aromatic heterocycles. The molecule has 0 fully saturated rings. The Balaban J connectivity index is 2.78. The summed E-state index contributed by atoms with van der Waals surface area (Å²) in [6.45, 7) is 0.0534. The molecular weight excluding hydrogens is 270 g/mol. The van der Waals surface area contributed by atoms with Crippen molar-refractivity contribution >= 4 is 29.2 Å². The lowest BCUT2D eigenvalue weighted by atomic mass is 10.1. The van der Waals surface area contributed by atoms with Gasteiger partial charge in [0.25, 0.3) is 0 Å². The van der Waals surface area contributed by atoms with Crippen LogP contribution in [0.1, 0.15) is 29.6 Å². The van der Waals surface area contributed by atoms with Gasteiger partial charge in [-0.25, -0.2) is 4.79 Å². The third-order valence-corrected chi connectivity index (χ3v) is 2.71. The van der Waals surface area contributed by atoms with E-state index in [9.17, 15) is 9.59 Å². The molecule has 1 rings (SSSR count). The summed E-state index contributed by atoms with van der Waals surface area (Å²) in [7, 11) is 1.27. The number of hydrogen-bond donors (Lipinski definition) is 2. The molecule has 0 saturated heterocycles. The number of unbranched alkanes of at least 4 members (excludes halogenated alkanes) is 1. The van der Waals surface area contributed by atoms with Crippen LogP contribution in [0.2, 0.25) is 5.02 Å². The zero-order valence-corrected chi connectivity index (χ0v) is 11.4. The molecule has 0 unspecified atom stereocenters. The minimum Gasteiger partial charge on any atom is -0.465 e. The van der Waals surface area contributed by atoms with Crippen LogP contribution in [0.5, 0.6) is 0 Å². The fourth-order valence-corrected chi connectivity index (χ4v) is 1.69. The van der Waals surface area contributed by atoms with E-state index in [-0.39, 0.29) is 24.5 Å². The maximum Gasteiger partial charge on any atom is 0.339 e. The van der Waals surface area contributed by atoms with Crippen LogP contribution >= 0.6 is 11.6 Å². The van der Waals surface area contributed by atoms with Gasteiger partial charge in [0.2, 0.25) is 5.91 Å². The van der Waals surface area contributed by atoms with E-state index in [1.54, 1.807) is 6.07 Å². The zero-order valence-electron chi connectivity index (χ0n) is 10.6. The van der Waals surface area contributed by atoms with Gasteiger partial charge in [0, 0.05) is 18.1 Å². The number of anilines is 1. The molecule has 1 aromatic carbocycles. The Morgan fingerprint density at radius 1 is 1.37 bits per heavy atom. The Kier molecular flexibility index (Phi) is 6.32. The average Bonchev–Trinajstić information content (AvgIpc) is 2.38. The molecule has 0 aliphatic rings. The first kappa shape index (κ1) is 15.5. The Bertz CT molecular complexity index is 462. The van der Waals surface area contributed by atoms with Crippen molar-refractivity contribution in [3.63, 3.8) is 0 Å². The highest BCUT2D eigenvalue weighted by molar-refractivity contribution is 6.31. The summed E-state index contributed by atoms with van der Waals surface area (Å²) in [6, 6.07) is 4.55. The molecule has 0 atom stereocenters. The normalized spacial score (nSPS) is 10.1. The SMILES string of the molecule is COC(=O)c1ccc(Cl)cc1NC(=O)CCCCO. The number of amides is 1. The molecule has 5 nitrogen and oxygen atoms in total. The lowest BCUT2D eigenvalue weighted by Gasteiger charge is -2.10. The third-order valence-electron chi connectivity index (χ3n) is 2.47. The Morgan fingerprint density at radius 2 is 2.11 bits per heavy atom. The number of carbonyl (C=O) groups is 2. The molecule has 19 heavy (non-hydrogen) atoms. The minimum absolute atomic E-state index is 0.0534. The molecule has 1 aromatic rings. The van der Waals surface area contributed by atoms with Crippen molar-refractivity contribution in [1.29, 1.82) is 0 Å². The van der Waals surface area contributed by atoms with Crippen LogP contribution in [0.3, 0.4) is 0 Å². The Hall–Kier alpha value is -1.59. The van der Waals surface area contributed by atoms with Gasteiger partial charge in [-0.1, -0.05) is 11.6 Å². The first-order chi connectivity index (χ1) is 9.08. The van der Waals surface area contributed by atoms with E-state index >= 15 is 0 Å². The molecule has 0 bridgehead atoms. The molecule has 0 saturated carbocycles. The second-order valence-corrected chi connectivity index (χ2v) is 4.35. The second kappa shape index (κ2) is 7.76. The predicted octanol–water partition coefficient (Wildman–Crippen LogP) is 2.23. The number of nitrogens with one attached hydrogen (secondary N) is 1. The average molecular weight is 286 g/mol. The van der Waals surface area contributed by atoms with Crippen molar-refractivity contribution in [2.24, 2.45) is 0 Å². The molecule has 104 valence electrons. The lowest BCUT2D eigenvalue weighted by Crippen LogP contribution is -2.15. The molecule has 2 N–H and O–H groups in total. The molecular formula is C13H16ClNO4. The molecule has 0 aliphatic carbocycles. The number of hydrogen-bond acceptors (Lipinski definition) is 4. The molecule has 6 heteroatoms. The van der Waals surface area contributed by atoms with Gasteiger partial charge in [0.15, 0.2) is 0 Å². The second-order valence-electron chi connectivity index (χ2n) is 3.91. The summed E-state index contributed by atoms with van der Waals surface area (Å²) in [5, 5.41) is 11.7. The van der Waals surface area contributed by atoms with E-state index in [0.29, 0.717) is 23.6 Å². The number of rotatable bonds is 6. The fraction of sp³-hybridized carbons (Fsp3) is 0.385. The molecule has 1 amide bonds. The Labute approximate surface area is 116 Å². The van der Waals surface area contributed by atoms with E-state index in [4.69, 9.17) is 16.7 Å². The Morgan fingerprint density at radius 3 is 2.74 bits per heavy atom. The highest BCUT2D eigenvalue weighted by Crippen LogP contribution is 2.22. The topological polar surface area (TPSA) is 75.6 Å². The van der Waals surface area contributed by atoms with Crippen molar-refractivity contribution in [3.05, 3.63) is 28.8 Å². The third kappa shape index (κ3) is 4.89. The van der Waals surface area contributed by atoms with Gasteiger partial charge in [0.1, 0.15) is 0 Å². The van der Waals surface area contributed by atoms with Gasteiger partial charge in [-0.3, -0.25) is 4.79 Å². The van der Waals surface area contributed by atoms with Gasteiger partial charge in [-0.15, -0.1) is 0 Å². The number of aliphatic hydroxyl groups excluding tert-OH is 1. The summed E-state index contributed by atoms with van der Waals surface area (Å²) >= 11 is 5.84. The van der Waals surface area contributed by atoms with E-state index in [2.05, 4.69) is 10.1 Å². The predicted molar refractivity (Wildman–Crippen MR) is 72.4 cm³/mol. The summed E-state index contributed by atoms with van der Waals surface area (Å²) < 4.78 is 4.63. The van der Waals surface area contributed by atoms with Crippen molar-refractivity contribution in [3.8, 4) is 0 Å². The highest BCUT2D eigenvalue weighted by atomic mass is 35.5. The van der Waals surface area contributed by atoms with Crippen molar-refractivity contribution < 1.29 is 19.4 Å². The maximum absolute atomic E-state index is 11.7. The fourth-order valence-electron chi connectivity index (χ4n) is 1.52. The highest BCUT2D eigenvalue weighted by Gasteiger charge is 2.14. The maximum atomic E-state index is 11.7. The van der Waals surface area contributed by atoms with Crippen molar-refractivity contribution in [2.45, 2.75) is 19.3 Å². The summed E-state index contributed by atoms with van der Waals surface area (Å²) in [5.41, 5.74) is 0.579. The van der Waals surface area contributed by atoms with Gasteiger partial charge in [-0.2, -0.15) is 0 Å². The van der Waals surface area contributed by atoms with Crippen molar-refractivity contribution in [2.75, 3.05) is 19.0 Å². The molecule has 0 spiro atoms. The number of esters is 1. The van der Waals surface area contributed by atoms with Crippen LogP contribution in [-0.2, 0) is 9.53 Å². The van der Waals surface area contributed by atoms with E-state index in [1.165, 1.54) is 19.2 Å². The smallest absolute Gasteiger partial charge is 0.339 e. The molecule has 0 heterocycles. The number of ether oxygens (including phenoxy) is 1. The molecule has 0 radical (unpaired) electrons. The largest absolute Gasteiger partial charge is 0.465 e. The minimum atomic E-state index is -0.540. The lowest BCUT2D eigenvalue weighted by molar-refractivity contribution is -0.116. The first-order valence-corrected chi connectivity index (χ1v) is 6.25. The van der Waals surface area contributed by atoms with Crippen LogP contribution in [0, 0.1) is 0 Å². The number of benzene rings is 1. The number of methoxy groups -OCH3 is 1. The van der Waals surface area contributed by atoms with E-state index in [1.807, 2.05) is 0 Å². The van der Waals surface area contributed by atoms with E-state index < -0.39 is 5.97 Å². The number of carbonyl (C=O) groups excluding carboxylic acids is 2. The summed E-state index contributed by atoms with van der Waals surface area (Å²) in [6.07, 6.45) is 1.41. The first-order valence-electron chi connectivity index (χ1n) is 5.87. The zero-order chi connectivity index (χ0) is 14.3. The standard InChI is InChI=1S/C13H16ClNO4/c1-19-13(18)10-6-5-9(14)8-11(10)15-12(17)4-2-3-7-16/h5-6,8,16H,2-4,7H2,1H3,(H,15,17).